The monoisotopic (exact) mass is 464 g/mol. The quantitative estimate of drug-likeness (QED) is 0.388. The van der Waals surface area contributed by atoms with Crippen molar-refractivity contribution in [2.75, 3.05) is 23.8 Å². The van der Waals surface area contributed by atoms with Crippen LogP contribution in [0.3, 0.4) is 0 Å². The number of carbonyl (C=O) groups is 2. The average molecular weight is 465 g/mol. The molecule has 0 aliphatic heterocycles. The van der Waals surface area contributed by atoms with Gasteiger partial charge in [-0.25, -0.2) is 9.59 Å². The number of amides is 1. The number of benzene rings is 1. The Kier molecular flexibility index (Phi) is 9.52. The summed E-state index contributed by atoms with van der Waals surface area (Å²) in [5.41, 5.74) is 4.91. The highest BCUT2D eigenvalue weighted by atomic mass is 35.5. The Morgan fingerprint density at radius 2 is 1.75 bits per heavy atom. The van der Waals surface area contributed by atoms with E-state index in [-0.39, 0.29) is 23.6 Å². The molecule has 0 radical (unpaired) electrons. The third kappa shape index (κ3) is 6.46. The first kappa shape index (κ1) is 25.2. The van der Waals surface area contributed by atoms with Gasteiger partial charge < -0.3 is 15.4 Å². The molecule has 3 N–H and O–H groups in total. The number of hydrogen-bond acceptors (Lipinski definition) is 6. The second-order valence-electron chi connectivity index (χ2n) is 7.33. The number of aromatic amines is 1. The van der Waals surface area contributed by atoms with Crippen molar-refractivity contribution in [2.45, 2.75) is 52.5 Å². The lowest BCUT2D eigenvalue weighted by molar-refractivity contribution is -0.121. The van der Waals surface area contributed by atoms with E-state index in [2.05, 4.69) is 4.98 Å². The number of H-pyrrole nitrogens is 1. The molecule has 0 spiro atoms. The van der Waals surface area contributed by atoms with E-state index in [1.165, 1.54) is 33.7 Å². The zero-order valence-electron chi connectivity index (χ0n) is 18.4. The van der Waals surface area contributed by atoms with Gasteiger partial charge in [-0.05, 0) is 37.1 Å². The number of carbonyl (C=O) groups excluding carboxylic acids is 2. The van der Waals surface area contributed by atoms with Crippen LogP contribution in [0.2, 0.25) is 5.02 Å². The van der Waals surface area contributed by atoms with Crippen molar-refractivity contribution in [3.05, 3.63) is 55.7 Å². The third-order valence-electron chi connectivity index (χ3n) is 4.91. The number of nitrogen functional groups attached to an aromatic ring is 1. The highest BCUT2D eigenvalue weighted by molar-refractivity contribution is 6.30. The van der Waals surface area contributed by atoms with Gasteiger partial charge in [-0.2, -0.15) is 0 Å². The fourth-order valence-corrected chi connectivity index (χ4v) is 3.26. The summed E-state index contributed by atoms with van der Waals surface area (Å²) < 4.78 is 6.39. The standard InChI is InChI=1S/C22H29ClN4O5/c1-3-5-7-13-26(17(28)14-32-21(30)15-8-10-16(23)11-9-15)18-19(24)27(12-6-4-2)22(31)25-20(18)29/h8-11H,3-7,12-14,24H2,1-2H3,(H,25,29,31). The van der Waals surface area contributed by atoms with Crippen LogP contribution in [0.15, 0.2) is 33.9 Å². The van der Waals surface area contributed by atoms with Gasteiger partial charge in [0, 0.05) is 18.1 Å². The summed E-state index contributed by atoms with van der Waals surface area (Å²) in [4.78, 5) is 53.5. The number of anilines is 2. The molecule has 0 fully saturated rings. The van der Waals surface area contributed by atoms with E-state index in [0.29, 0.717) is 24.4 Å². The summed E-state index contributed by atoms with van der Waals surface area (Å²) in [6, 6.07) is 6.05. The minimum atomic E-state index is -0.755. The second kappa shape index (κ2) is 12.1. The third-order valence-corrected chi connectivity index (χ3v) is 5.16. The molecular formula is C22H29ClN4O5. The molecule has 0 bridgehead atoms. The molecule has 32 heavy (non-hydrogen) atoms. The Balaban J connectivity index is 2.29. The fraction of sp³-hybridized carbons (Fsp3) is 0.455. The van der Waals surface area contributed by atoms with Gasteiger partial charge in [-0.15, -0.1) is 0 Å². The fourth-order valence-electron chi connectivity index (χ4n) is 3.13. The van der Waals surface area contributed by atoms with Gasteiger partial charge >= 0.3 is 11.7 Å². The Morgan fingerprint density at radius 3 is 2.38 bits per heavy atom. The van der Waals surface area contributed by atoms with Gasteiger partial charge in [0.05, 0.1) is 5.56 Å². The maximum Gasteiger partial charge on any atom is 0.338 e. The van der Waals surface area contributed by atoms with Crippen LogP contribution in [0.25, 0.3) is 0 Å². The molecule has 1 aromatic carbocycles. The zero-order valence-corrected chi connectivity index (χ0v) is 19.1. The first-order valence-corrected chi connectivity index (χ1v) is 11.0. The van der Waals surface area contributed by atoms with Crippen LogP contribution in [-0.4, -0.2) is 34.6 Å². The van der Waals surface area contributed by atoms with E-state index in [1.807, 2.05) is 13.8 Å². The molecule has 0 saturated carbocycles. The number of esters is 1. The van der Waals surface area contributed by atoms with Crippen molar-refractivity contribution >= 4 is 35.0 Å². The largest absolute Gasteiger partial charge is 0.452 e. The molecule has 2 rings (SSSR count). The number of nitrogens with one attached hydrogen (secondary N) is 1. The van der Waals surface area contributed by atoms with E-state index < -0.39 is 29.7 Å². The molecule has 9 nitrogen and oxygen atoms in total. The van der Waals surface area contributed by atoms with Crippen LogP contribution in [0.5, 0.6) is 0 Å². The summed E-state index contributed by atoms with van der Waals surface area (Å²) in [5.74, 6) is -1.39. The summed E-state index contributed by atoms with van der Waals surface area (Å²) >= 11 is 5.82. The predicted molar refractivity (Wildman–Crippen MR) is 124 cm³/mol. The number of aromatic nitrogens is 2. The molecule has 0 atom stereocenters. The Bertz CT molecular complexity index is 1050. The average Bonchev–Trinajstić information content (AvgIpc) is 2.76. The van der Waals surface area contributed by atoms with E-state index in [1.54, 1.807) is 0 Å². The molecule has 1 aromatic heterocycles. The predicted octanol–water partition coefficient (Wildman–Crippen LogP) is 2.95. The number of nitrogens with zero attached hydrogens (tertiary/aromatic N) is 2. The van der Waals surface area contributed by atoms with Crippen molar-refractivity contribution < 1.29 is 14.3 Å². The van der Waals surface area contributed by atoms with Gasteiger partial charge in [0.1, 0.15) is 5.82 Å². The molecule has 0 saturated heterocycles. The van der Waals surface area contributed by atoms with E-state index in [0.717, 1.165) is 19.3 Å². The van der Waals surface area contributed by atoms with Crippen LogP contribution in [-0.2, 0) is 16.1 Å². The number of rotatable bonds is 11. The van der Waals surface area contributed by atoms with Crippen LogP contribution in [0.4, 0.5) is 11.5 Å². The van der Waals surface area contributed by atoms with Crippen LogP contribution < -0.4 is 21.9 Å². The lowest BCUT2D eigenvalue weighted by atomic mass is 10.2. The number of unbranched alkanes of at least 4 members (excludes halogenated alkanes) is 3. The van der Waals surface area contributed by atoms with Crippen molar-refractivity contribution in [3.8, 4) is 0 Å². The van der Waals surface area contributed by atoms with Crippen molar-refractivity contribution in [1.82, 2.24) is 9.55 Å². The van der Waals surface area contributed by atoms with Crippen molar-refractivity contribution in [1.29, 1.82) is 0 Å². The van der Waals surface area contributed by atoms with E-state index >= 15 is 0 Å². The Labute approximate surface area is 191 Å². The minimum absolute atomic E-state index is 0.0823. The number of halogens is 1. The molecule has 2 aromatic rings. The summed E-state index contributed by atoms with van der Waals surface area (Å²) in [7, 11) is 0. The van der Waals surface area contributed by atoms with E-state index in [4.69, 9.17) is 22.1 Å². The van der Waals surface area contributed by atoms with Gasteiger partial charge in [0.25, 0.3) is 11.5 Å². The molecular weight excluding hydrogens is 436 g/mol. The molecule has 174 valence electrons. The minimum Gasteiger partial charge on any atom is -0.452 e. The smallest absolute Gasteiger partial charge is 0.338 e. The number of ether oxygens (including phenoxy) is 1. The maximum atomic E-state index is 13.0. The first-order chi connectivity index (χ1) is 15.3. The van der Waals surface area contributed by atoms with Crippen LogP contribution in [0.1, 0.15) is 56.3 Å². The lowest BCUT2D eigenvalue weighted by Gasteiger charge is -2.24. The number of nitrogens with two attached hydrogens (primary N) is 1. The maximum absolute atomic E-state index is 13.0. The van der Waals surface area contributed by atoms with E-state index in [9.17, 15) is 19.2 Å². The normalized spacial score (nSPS) is 10.7. The molecule has 0 aliphatic rings. The summed E-state index contributed by atoms with van der Waals surface area (Å²) in [6.07, 6.45) is 3.83. The topological polar surface area (TPSA) is 127 Å². The van der Waals surface area contributed by atoms with Crippen LogP contribution in [0, 0.1) is 0 Å². The molecule has 10 heteroatoms. The van der Waals surface area contributed by atoms with Crippen LogP contribution >= 0.6 is 11.6 Å². The van der Waals surface area contributed by atoms with Gasteiger partial charge in [-0.3, -0.25) is 19.1 Å². The summed E-state index contributed by atoms with van der Waals surface area (Å²) in [5, 5.41) is 0.465. The Hall–Kier alpha value is -3.07. The highest BCUT2D eigenvalue weighted by Crippen LogP contribution is 2.19. The number of hydrogen-bond donors (Lipinski definition) is 2. The Morgan fingerprint density at radius 1 is 1.09 bits per heavy atom. The molecule has 1 amide bonds. The zero-order chi connectivity index (χ0) is 23.7. The van der Waals surface area contributed by atoms with Gasteiger partial charge in [0.2, 0.25) is 0 Å². The SMILES string of the molecule is CCCCCN(C(=O)COC(=O)c1ccc(Cl)cc1)c1c(N)n(CCCC)c(=O)[nH]c1=O. The van der Waals surface area contributed by atoms with Crippen molar-refractivity contribution in [3.63, 3.8) is 0 Å². The lowest BCUT2D eigenvalue weighted by Crippen LogP contribution is -2.43. The first-order valence-electron chi connectivity index (χ1n) is 10.7. The molecule has 0 unspecified atom stereocenters. The summed E-state index contributed by atoms with van der Waals surface area (Å²) in [6.45, 7) is 3.90. The second-order valence-corrected chi connectivity index (χ2v) is 7.77. The highest BCUT2D eigenvalue weighted by Gasteiger charge is 2.25. The van der Waals surface area contributed by atoms with Crippen molar-refractivity contribution in [2.24, 2.45) is 0 Å². The molecule has 1 heterocycles. The van der Waals surface area contributed by atoms with Gasteiger partial charge in [-0.1, -0.05) is 44.7 Å². The van der Waals surface area contributed by atoms with Gasteiger partial charge in [0.15, 0.2) is 12.3 Å². The molecule has 0 aliphatic carbocycles.